The number of likely N-dealkylation sites (tertiary alicyclic amines) is 1. The van der Waals surface area contributed by atoms with E-state index >= 15 is 0 Å². The van der Waals surface area contributed by atoms with Gasteiger partial charge in [0.1, 0.15) is 35.0 Å². The highest BCUT2D eigenvalue weighted by molar-refractivity contribution is 6.35. The quantitative estimate of drug-likeness (QED) is 0.345. The number of nitrogens with zero attached hydrogens (tertiary/aromatic N) is 3. The second-order valence-electron chi connectivity index (χ2n) is 8.05. The second-order valence-corrected chi connectivity index (χ2v) is 8.46. The highest BCUT2D eigenvalue weighted by atomic mass is 35.5. The number of amides is 1. The van der Waals surface area contributed by atoms with Crippen molar-refractivity contribution < 1.29 is 14.3 Å². The van der Waals surface area contributed by atoms with Crippen LogP contribution in [0.3, 0.4) is 0 Å². The number of carbonyl (C=O) groups excluding carboxylic acids is 2. The van der Waals surface area contributed by atoms with Crippen LogP contribution < -0.4 is 15.4 Å². The van der Waals surface area contributed by atoms with Gasteiger partial charge in [0.05, 0.1) is 5.02 Å². The zero-order valence-corrected chi connectivity index (χ0v) is 20.1. The minimum Gasteiger partial charge on any atom is -0.457 e. The first-order chi connectivity index (χ1) is 17.0. The lowest BCUT2D eigenvalue weighted by Gasteiger charge is -2.33. The fourth-order valence-corrected chi connectivity index (χ4v) is 4.28. The number of nitrogens with one attached hydrogen (secondary N) is 2. The van der Waals surface area contributed by atoms with Gasteiger partial charge in [0, 0.05) is 37.8 Å². The number of benzene rings is 2. The number of halogens is 1. The zero-order chi connectivity index (χ0) is 24.8. The molecule has 9 heteroatoms. The lowest BCUT2D eigenvalue weighted by Crippen LogP contribution is -2.44. The van der Waals surface area contributed by atoms with Gasteiger partial charge in [-0.2, -0.15) is 0 Å². The molecule has 0 bridgehead atoms. The molecule has 180 valence electrons. The summed E-state index contributed by atoms with van der Waals surface area (Å²) in [6, 6.07) is 14.2. The van der Waals surface area contributed by atoms with Crippen molar-refractivity contribution in [2.24, 2.45) is 0 Å². The summed E-state index contributed by atoms with van der Waals surface area (Å²) in [4.78, 5) is 36.0. The van der Waals surface area contributed by atoms with Crippen LogP contribution in [0.25, 0.3) is 0 Å². The van der Waals surface area contributed by atoms with Crippen molar-refractivity contribution in [2.75, 3.05) is 30.8 Å². The molecule has 2 heterocycles. The average molecular weight is 492 g/mol. The summed E-state index contributed by atoms with van der Waals surface area (Å²) in [6.45, 7) is 4.73. The predicted octanol–water partition coefficient (Wildman–Crippen LogP) is 4.78. The molecular weight excluding hydrogens is 466 g/mol. The Kier molecular flexibility index (Phi) is 7.62. The normalized spacial score (nSPS) is 15.3. The maximum absolute atomic E-state index is 13.6. The van der Waals surface area contributed by atoms with E-state index in [1.807, 2.05) is 30.3 Å². The Morgan fingerprint density at radius 3 is 2.63 bits per heavy atom. The molecule has 35 heavy (non-hydrogen) atoms. The van der Waals surface area contributed by atoms with Crippen LogP contribution in [-0.2, 0) is 4.79 Å². The first-order valence-electron chi connectivity index (χ1n) is 11.3. The summed E-state index contributed by atoms with van der Waals surface area (Å²) in [6.07, 6.45) is 4.37. The van der Waals surface area contributed by atoms with Crippen molar-refractivity contribution in [1.82, 2.24) is 14.9 Å². The zero-order valence-electron chi connectivity index (χ0n) is 19.3. The molecule has 0 saturated carbocycles. The van der Waals surface area contributed by atoms with E-state index in [9.17, 15) is 9.59 Å². The van der Waals surface area contributed by atoms with E-state index in [1.54, 1.807) is 30.1 Å². The van der Waals surface area contributed by atoms with Gasteiger partial charge in [-0.3, -0.25) is 9.59 Å². The molecule has 0 spiro atoms. The van der Waals surface area contributed by atoms with Gasteiger partial charge < -0.3 is 20.3 Å². The first kappa shape index (κ1) is 24.2. The average Bonchev–Trinajstić information content (AvgIpc) is 2.88. The molecule has 1 amide bonds. The van der Waals surface area contributed by atoms with Crippen LogP contribution in [0.4, 0.5) is 11.6 Å². The van der Waals surface area contributed by atoms with E-state index in [0.717, 1.165) is 12.8 Å². The monoisotopic (exact) mass is 491 g/mol. The summed E-state index contributed by atoms with van der Waals surface area (Å²) in [5.74, 6) is 1.50. The molecule has 0 aliphatic carbocycles. The lowest BCUT2D eigenvalue weighted by atomic mass is 10.0. The van der Waals surface area contributed by atoms with Crippen LogP contribution >= 0.6 is 11.6 Å². The van der Waals surface area contributed by atoms with Gasteiger partial charge in [0.15, 0.2) is 0 Å². The third-order valence-corrected chi connectivity index (χ3v) is 6.04. The SMILES string of the molecule is C=CC(=O)N1CCCC(Nc2ncnc(NC)c2C(=O)c2ccc(Oc3ccccc3)cc2Cl)C1. The van der Waals surface area contributed by atoms with Gasteiger partial charge in [-0.25, -0.2) is 9.97 Å². The van der Waals surface area contributed by atoms with E-state index in [0.29, 0.717) is 41.8 Å². The highest BCUT2D eigenvalue weighted by Gasteiger charge is 2.27. The van der Waals surface area contributed by atoms with Crippen molar-refractivity contribution in [3.8, 4) is 11.5 Å². The number of anilines is 2. The fraction of sp³-hybridized carbons (Fsp3) is 0.231. The summed E-state index contributed by atoms with van der Waals surface area (Å²) in [5, 5.41) is 6.56. The summed E-state index contributed by atoms with van der Waals surface area (Å²) in [7, 11) is 1.69. The van der Waals surface area contributed by atoms with Crippen LogP contribution in [0, 0.1) is 0 Å². The van der Waals surface area contributed by atoms with Crippen molar-refractivity contribution in [3.63, 3.8) is 0 Å². The third kappa shape index (κ3) is 5.60. The number of para-hydroxylation sites is 1. The maximum atomic E-state index is 13.6. The van der Waals surface area contributed by atoms with Gasteiger partial charge in [0.25, 0.3) is 0 Å². The Labute approximate surface area is 209 Å². The van der Waals surface area contributed by atoms with Gasteiger partial charge in [-0.15, -0.1) is 0 Å². The Hall–Kier alpha value is -3.91. The van der Waals surface area contributed by atoms with Gasteiger partial charge in [-0.05, 0) is 43.2 Å². The summed E-state index contributed by atoms with van der Waals surface area (Å²) >= 11 is 6.51. The topological polar surface area (TPSA) is 96.5 Å². The fourth-order valence-electron chi connectivity index (χ4n) is 4.02. The molecule has 1 unspecified atom stereocenters. The molecule has 0 radical (unpaired) electrons. The van der Waals surface area contributed by atoms with E-state index in [1.165, 1.54) is 12.4 Å². The predicted molar refractivity (Wildman–Crippen MR) is 136 cm³/mol. The number of aromatic nitrogens is 2. The first-order valence-corrected chi connectivity index (χ1v) is 11.7. The largest absolute Gasteiger partial charge is 0.457 e. The number of ketones is 1. The Morgan fingerprint density at radius 2 is 1.91 bits per heavy atom. The maximum Gasteiger partial charge on any atom is 0.246 e. The number of hydrogen-bond donors (Lipinski definition) is 2. The van der Waals surface area contributed by atoms with Gasteiger partial charge in [-0.1, -0.05) is 36.4 Å². The molecule has 4 rings (SSSR count). The Bertz CT molecular complexity index is 1230. The number of ether oxygens (including phenoxy) is 1. The van der Waals surface area contributed by atoms with Crippen molar-refractivity contribution >= 4 is 34.9 Å². The minimum atomic E-state index is -0.330. The van der Waals surface area contributed by atoms with Crippen molar-refractivity contribution in [2.45, 2.75) is 18.9 Å². The minimum absolute atomic E-state index is 0.0732. The van der Waals surface area contributed by atoms with Crippen molar-refractivity contribution in [3.05, 3.63) is 83.7 Å². The second kappa shape index (κ2) is 11.0. The molecule has 8 nitrogen and oxygen atoms in total. The van der Waals surface area contributed by atoms with Crippen LogP contribution in [-0.4, -0.2) is 52.7 Å². The lowest BCUT2D eigenvalue weighted by molar-refractivity contribution is -0.127. The molecule has 2 aromatic carbocycles. The smallest absolute Gasteiger partial charge is 0.246 e. The van der Waals surface area contributed by atoms with E-state index in [-0.39, 0.29) is 28.3 Å². The summed E-state index contributed by atoms with van der Waals surface area (Å²) in [5.41, 5.74) is 0.578. The molecule has 1 aromatic heterocycles. The van der Waals surface area contributed by atoms with Gasteiger partial charge in [0.2, 0.25) is 11.7 Å². The molecule has 1 aliphatic heterocycles. The number of rotatable bonds is 8. The van der Waals surface area contributed by atoms with Crippen molar-refractivity contribution in [1.29, 1.82) is 0 Å². The molecule has 2 N–H and O–H groups in total. The van der Waals surface area contributed by atoms with E-state index in [2.05, 4.69) is 27.2 Å². The highest BCUT2D eigenvalue weighted by Crippen LogP contribution is 2.31. The van der Waals surface area contributed by atoms with Crippen LogP contribution in [0.5, 0.6) is 11.5 Å². The molecular formula is C26H26ClN5O3. The Balaban J connectivity index is 1.60. The number of hydrogen-bond acceptors (Lipinski definition) is 7. The molecule has 1 atom stereocenters. The van der Waals surface area contributed by atoms with Crippen LogP contribution in [0.2, 0.25) is 5.02 Å². The molecule has 3 aromatic rings. The van der Waals surface area contributed by atoms with Gasteiger partial charge >= 0.3 is 0 Å². The number of carbonyl (C=O) groups is 2. The van der Waals surface area contributed by atoms with Crippen LogP contribution in [0.1, 0.15) is 28.8 Å². The molecule has 1 aliphatic rings. The van der Waals surface area contributed by atoms with E-state index in [4.69, 9.17) is 16.3 Å². The third-order valence-electron chi connectivity index (χ3n) is 5.72. The standard InChI is InChI=1S/C26H26ClN5O3/c1-3-22(33)32-13-7-8-17(15-32)31-26-23(25(28-2)29-16-30-26)24(34)20-12-11-19(14-21(20)27)35-18-9-5-4-6-10-18/h3-6,9-12,14,16-17H,1,7-8,13,15H2,2H3,(H2,28,29,30,31). The molecule has 1 saturated heterocycles. The van der Waals surface area contributed by atoms with E-state index < -0.39 is 0 Å². The molecule has 1 fully saturated rings. The Morgan fingerprint density at radius 1 is 1.14 bits per heavy atom. The summed E-state index contributed by atoms with van der Waals surface area (Å²) < 4.78 is 5.82. The van der Waals surface area contributed by atoms with Crippen LogP contribution in [0.15, 0.2) is 67.5 Å². The number of piperidine rings is 1.